The molecule has 1 aromatic heterocycles. The summed E-state index contributed by atoms with van der Waals surface area (Å²) in [6.07, 6.45) is -4.39. The van der Waals surface area contributed by atoms with Crippen molar-refractivity contribution >= 4 is 16.9 Å². The van der Waals surface area contributed by atoms with Crippen LogP contribution < -0.4 is 4.74 Å². The molecule has 3 aromatic carbocycles. The SMILES string of the molecule is O=C(O)c1ccc2c(c1)cc(COc1ccccc1)n2Cc1ccc(C(F)(F)F)cc1. The van der Waals surface area contributed by atoms with Gasteiger partial charge in [0.1, 0.15) is 12.4 Å². The molecule has 0 saturated carbocycles. The van der Waals surface area contributed by atoms with Gasteiger partial charge in [0.25, 0.3) is 0 Å². The maximum absolute atomic E-state index is 12.9. The number of benzene rings is 3. The summed E-state index contributed by atoms with van der Waals surface area (Å²) in [4.78, 5) is 11.3. The minimum absolute atomic E-state index is 0.162. The van der Waals surface area contributed by atoms with Crippen LogP contribution in [0.3, 0.4) is 0 Å². The zero-order valence-electron chi connectivity index (χ0n) is 16.3. The minimum Gasteiger partial charge on any atom is -0.487 e. The van der Waals surface area contributed by atoms with Crippen LogP contribution in [0.4, 0.5) is 13.2 Å². The molecule has 4 nitrogen and oxygen atoms in total. The molecule has 0 saturated heterocycles. The Morgan fingerprint density at radius 3 is 2.29 bits per heavy atom. The molecule has 1 N–H and O–H groups in total. The van der Waals surface area contributed by atoms with Crippen LogP contribution in [0.15, 0.2) is 78.9 Å². The Bertz CT molecular complexity index is 1210. The second-order valence-corrected chi connectivity index (χ2v) is 7.10. The largest absolute Gasteiger partial charge is 0.487 e. The standard InChI is InChI=1S/C24H18F3NO3/c25-24(26,27)19-9-6-16(7-10-19)14-28-20(15-31-21-4-2-1-3-5-21)13-18-12-17(23(29)30)8-11-22(18)28/h1-13H,14-15H2,(H,29,30). The molecule has 0 fully saturated rings. The lowest BCUT2D eigenvalue weighted by molar-refractivity contribution is -0.137. The van der Waals surface area contributed by atoms with Gasteiger partial charge in [0, 0.05) is 17.4 Å². The lowest BCUT2D eigenvalue weighted by Crippen LogP contribution is -2.08. The van der Waals surface area contributed by atoms with Crippen molar-refractivity contribution in [2.24, 2.45) is 0 Å². The number of aromatic nitrogens is 1. The lowest BCUT2D eigenvalue weighted by atomic mass is 10.1. The van der Waals surface area contributed by atoms with E-state index in [2.05, 4.69) is 0 Å². The molecule has 7 heteroatoms. The number of alkyl halides is 3. The summed E-state index contributed by atoms with van der Waals surface area (Å²) < 4.78 is 46.4. The fourth-order valence-corrected chi connectivity index (χ4v) is 3.42. The van der Waals surface area contributed by atoms with Gasteiger partial charge < -0.3 is 14.4 Å². The predicted octanol–water partition coefficient (Wildman–Crippen LogP) is 5.99. The Kier molecular flexibility index (Phi) is 5.42. The summed E-state index contributed by atoms with van der Waals surface area (Å²) in [5.74, 6) is -0.348. The van der Waals surface area contributed by atoms with Crippen molar-refractivity contribution in [3.05, 3.63) is 101 Å². The van der Waals surface area contributed by atoms with Crippen LogP contribution in [0.1, 0.15) is 27.2 Å². The Morgan fingerprint density at radius 2 is 1.65 bits per heavy atom. The Morgan fingerprint density at radius 1 is 0.935 bits per heavy atom. The van der Waals surface area contributed by atoms with Crippen LogP contribution in [0, 0.1) is 0 Å². The molecule has 0 unspecified atom stereocenters. The summed E-state index contributed by atoms with van der Waals surface area (Å²) in [6.45, 7) is 0.545. The lowest BCUT2D eigenvalue weighted by Gasteiger charge is -2.13. The molecular weight excluding hydrogens is 407 g/mol. The van der Waals surface area contributed by atoms with Gasteiger partial charge in [-0.05, 0) is 54.1 Å². The van der Waals surface area contributed by atoms with E-state index in [9.17, 15) is 23.1 Å². The van der Waals surface area contributed by atoms with E-state index in [0.717, 1.165) is 28.7 Å². The van der Waals surface area contributed by atoms with E-state index in [4.69, 9.17) is 4.74 Å². The number of carboxylic acids is 1. The van der Waals surface area contributed by atoms with Crippen LogP contribution in [-0.2, 0) is 19.3 Å². The molecule has 31 heavy (non-hydrogen) atoms. The number of aromatic carboxylic acids is 1. The summed E-state index contributed by atoms with van der Waals surface area (Å²) in [6, 6.07) is 20.9. The highest BCUT2D eigenvalue weighted by molar-refractivity contribution is 5.94. The van der Waals surface area contributed by atoms with E-state index in [0.29, 0.717) is 17.9 Å². The van der Waals surface area contributed by atoms with E-state index in [1.807, 2.05) is 41.0 Å². The summed E-state index contributed by atoms with van der Waals surface area (Å²) in [7, 11) is 0. The molecule has 158 valence electrons. The minimum atomic E-state index is -4.39. The normalized spacial score (nSPS) is 11.6. The van der Waals surface area contributed by atoms with Gasteiger partial charge in [-0.2, -0.15) is 13.2 Å². The molecule has 0 bridgehead atoms. The fourth-order valence-electron chi connectivity index (χ4n) is 3.42. The highest BCUT2D eigenvalue weighted by Gasteiger charge is 2.30. The summed E-state index contributed by atoms with van der Waals surface area (Å²) in [5.41, 5.74) is 1.70. The molecule has 0 amide bonds. The topological polar surface area (TPSA) is 51.5 Å². The number of nitrogens with zero attached hydrogens (tertiary/aromatic N) is 1. The van der Waals surface area contributed by atoms with Gasteiger partial charge in [0.15, 0.2) is 0 Å². The van der Waals surface area contributed by atoms with E-state index in [-0.39, 0.29) is 12.2 Å². The maximum atomic E-state index is 12.9. The number of para-hydroxylation sites is 1. The maximum Gasteiger partial charge on any atom is 0.416 e. The highest BCUT2D eigenvalue weighted by atomic mass is 19.4. The Hall–Kier alpha value is -3.74. The zero-order valence-corrected chi connectivity index (χ0v) is 16.3. The number of carboxylic acid groups (broad SMARTS) is 1. The molecule has 1 heterocycles. The van der Waals surface area contributed by atoms with Crippen molar-refractivity contribution in [1.29, 1.82) is 0 Å². The molecule has 0 spiro atoms. The first-order chi connectivity index (χ1) is 14.8. The van der Waals surface area contributed by atoms with E-state index in [1.165, 1.54) is 18.2 Å². The Balaban J connectivity index is 1.69. The van der Waals surface area contributed by atoms with Gasteiger partial charge in [0.2, 0.25) is 0 Å². The van der Waals surface area contributed by atoms with Crippen molar-refractivity contribution < 1.29 is 27.8 Å². The number of ether oxygens (including phenoxy) is 1. The molecule has 4 rings (SSSR count). The van der Waals surface area contributed by atoms with Crippen molar-refractivity contribution in [3.8, 4) is 5.75 Å². The average Bonchev–Trinajstić information content (AvgIpc) is 3.09. The first-order valence-corrected chi connectivity index (χ1v) is 9.51. The second-order valence-electron chi connectivity index (χ2n) is 7.10. The smallest absolute Gasteiger partial charge is 0.416 e. The van der Waals surface area contributed by atoms with Crippen molar-refractivity contribution in [2.75, 3.05) is 0 Å². The van der Waals surface area contributed by atoms with Crippen molar-refractivity contribution in [3.63, 3.8) is 0 Å². The summed E-state index contributed by atoms with van der Waals surface area (Å²) in [5, 5.41) is 10.00. The number of hydrogen-bond donors (Lipinski definition) is 1. The van der Waals surface area contributed by atoms with Gasteiger partial charge in [-0.3, -0.25) is 0 Å². The van der Waals surface area contributed by atoms with Crippen LogP contribution in [0.5, 0.6) is 5.75 Å². The van der Waals surface area contributed by atoms with E-state index >= 15 is 0 Å². The third-order valence-electron chi connectivity index (χ3n) is 4.99. The first-order valence-electron chi connectivity index (χ1n) is 9.51. The monoisotopic (exact) mass is 425 g/mol. The Labute approximate surface area is 176 Å². The zero-order chi connectivity index (χ0) is 22.0. The van der Waals surface area contributed by atoms with Crippen LogP contribution in [0.25, 0.3) is 10.9 Å². The number of fused-ring (bicyclic) bond motifs is 1. The highest BCUT2D eigenvalue weighted by Crippen LogP contribution is 2.30. The first kappa shape index (κ1) is 20.5. The van der Waals surface area contributed by atoms with Crippen molar-refractivity contribution in [2.45, 2.75) is 19.3 Å². The third-order valence-corrected chi connectivity index (χ3v) is 4.99. The molecule has 0 aliphatic rings. The molecule has 0 aliphatic heterocycles. The summed E-state index contributed by atoms with van der Waals surface area (Å²) >= 11 is 0. The molecule has 0 atom stereocenters. The van der Waals surface area contributed by atoms with E-state index in [1.54, 1.807) is 12.1 Å². The van der Waals surface area contributed by atoms with Crippen LogP contribution >= 0.6 is 0 Å². The van der Waals surface area contributed by atoms with Gasteiger partial charge in [-0.25, -0.2) is 4.79 Å². The molecular formula is C24H18F3NO3. The van der Waals surface area contributed by atoms with Crippen LogP contribution in [0.2, 0.25) is 0 Å². The number of hydrogen-bond acceptors (Lipinski definition) is 2. The molecule has 4 aromatic rings. The van der Waals surface area contributed by atoms with Crippen molar-refractivity contribution in [1.82, 2.24) is 4.57 Å². The number of rotatable bonds is 6. The van der Waals surface area contributed by atoms with Crippen LogP contribution in [-0.4, -0.2) is 15.6 Å². The fraction of sp³-hybridized carbons (Fsp3) is 0.125. The van der Waals surface area contributed by atoms with Gasteiger partial charge in [-0.1, -0.05) is 30.3 Å². The number of halogens is 3. The third kappa shape index (κ3) is 4.55. The average molecular weight is 425 g/mol. The van der Waals surface area contributed by atoms with E-state index < -0.39 is 17.7 Å². The van der Waals surface area contributed by atoms with Gasteiger partial charge >= 0.3 is 12.1 Å². The van der Waals surface area contributed by atoms with Gasteiger partial charge in [-0.15, -0.1) is 0 Å². The molecule has 0 radical (unpaired) electrons. The number of carbonyl (C=O) groups is 1. The second kappa shape index (κ2) is 8.18. The molecule has 0 aliphatic carbocycles. The quantitative estimate of drug-likeness (QED) is 0.413. The predicted molar refractivity (Wildman–Crippen MR) is 110 cm³/mol. The van der Waals surface area contributed by atoms with Gasteiger partial charge in [0.05, 0.1) is 16.8 Å².